The van der Waals surface area contributed by atoms with E-state index in [1.807, 2.05) is 0 Å². The molecule has 5 nitrogen and oxygen atoms in total. The van der Waals surface area contributed by atoms with Gasteiger partial charge in [0.25, 0.3) is 5.91 Å². The lowest BCUT2D eigenvalue weighted by molar-refractivity contribution is -0.137. The monoisotopic (exact) mass is 388 g/mol. The summed E-state index contributed by atoms with van der Waals surface area (Å²) in [7, 11) is 0. The van der Waals surface area contributed by atoms with Crippen molar-refractivity contribution in [2.24, 2.45) is 0 Å². The second-order valence-corrected chi connectivity index (χ2v) is 7.06. The molecule has 1 fully saturated rings. The van der Waals surface area contributed by atoms with Gasteiger partial charge in [0.15, 0.2) is 11.5 Å². The van der Waals surface area contributed by atoms with Crippen LogP contribution in [0.1, 0.15) is 48.0 Å². The number of alkyl halides is 3. The SMILES string of the molecule is O=C(NC1CCCCC1)c1ccc2nnc(-c3cccc(C(F)(F)F)c3)n2c1. The molecule has 1 amide bonds. The van der Waals surface area contributed by atoms with Gasteiger partial charge in [0.2, 0.25) is 0 Å². The maximum Gasteiger partial charge on any atom is 0.416 e. The van der Waals surface area contributed by atoms with Crippen molar-refractivity contribution in [3.63, 3.8) is 0 Å². The molecule has 0 radical (unpaired) electrons. The van der Waals surface area contributed by atoms with Crippen molar-refractivity contribution in [2.75, 3.05) is 0 Å². The second-order valence-electron chi connectivity index (χ2n) is 7.06. The largest absolute Gasteiger partial charge is 0.416 e. The number of rotatable bonds is 3. The van der Waals surface area contributed by atoms with Crippen LogP contribution in [0, 0.1) is 0 Å². The Morgan fingerprint density at radius 2 is 1.86 bits per heavy atom. The van der Waals surface area contributed by atoms with Gasteiger partial charge >= 0.3 is 6.18 Å². The summed E-state index contributed by atoms with van der Waals surface area (Å²) in [6, 6.07) is 8.37. The smallest absolute Gasteiger partial charge is 0.349 e. The standard InChI is InChI=1S/C20H19F3N4O/c21-20(22,23)15-6-4-5-13(11-15)18-26-25-17-10-9-14(12-27(17)18)19(28)24-16-7-2-1-3-8-16/h4-6,9-12,16H,1-3,7-8H2,(H,24,28). The van der Waals surface area contributed by atoms with Gasteiger partial charge in [0.05, 0.1) is 11.1 Å². The van der Waals surface area contributed by atoms with Gasteiger partial charge in [-0.15, -0.1) is 10.2 Å². The number of hydrogen-bond acceptors (Lipinski definition) is 3. The predicted octanol–water partition coefficient (Wildman–Crippen LogP) is 4.48. The number of fused-ring (bicyclic) bond motifs is 1. The Morgan fingerprint density at radius 1 is 1.07 bits per heavy atom. The summed E-state index contributed by atoms with van der Waals surface area (Å²) in [6.07, 6.45) is 2.47. The molecule has 4 rings (SSSR count). The molecule has 0 aliphatic heterocycles. The lowest BCUT2D eigenvalue weighted by Gasteiger charge is -2.22. The summed E-state index contributed by atoms with van der Waals surface area (Å²) in [4.78, 5) is 12.6. The van der Waals surface area contributed by atoms with Crippen LogP contribution < -0.4 is 5.32 Å². The van der Waals surface area contributed by atoms with Gasteiger partial charge in [0.1, 0.15) is 0 Å². The van der Waals surface area contributed by atoms with E-state index in [9.17, 15) is 18.0 Å². The van der Waals surface area contributed by atoms with Gasteiger partial charge in [-0.2, -0.15) is 13.2 Å². The van der Waals surface area contributed by atoms with E-state index in [4.69, 9.17) is 0 Å². The van der Waals surface area contributed by atoms with Crippen LogP contribution in [0.15, 0.2) is 42.6 Å². The summed E-state index contributed by atoms with van der Waals surface area (Å²) in [5, 5.41) is 11.1. The number of benzene rings is 1. The van der Waals surface area contributed by atoms with Crippen LogP contribution >= 0.6 is 0 Å². The van der Waals surface area contributed by atoms with Crippen molar-refractivity contribution in [1.29, 1.82) is 0 Å². The fraction of sp³-hybridized carbons (Fsp3) is 0.350. The Bertz CT molecular complexity index is 1010. The predicted molar refractivity (Wildman–Crippen MR) is 97.8 cm³/mol. The van der Waals surface area contributed by atoms with Crippen LogP contribution in [-0.2, 0) is 6.18 Å². The van der Waals surface area contributed by atoms with Crippen LogP contribution in [0.25, 0.3) is 17.0 Å². The molecule has 8 heteroatoms. The zero-order chi connectivity index (χ0) is 19.7. The van der Waals surface area contributed by atoms with Crippen LogP contribution in [0.5, 0.6) is 0 Å². The molecule has 0 atom stereocenters. The van der Waals surface area contributed by atoms with E-state index in [0.717, 1.165) is 37.8 Å². The molecule has 1 saturated carbocycles. The molecular weight excluding hydrogens is 369 g/mol. The number of carbonyl (C=O) groups excluding carboxylic acids is 1. The van der Waals surface area contributed by atoms with Gasteiger partial charge in [-0.25, -0.2) is 0 Å². The number of carbonyl (C=O) groups is 1. The number of aromatic nitrogens is 3. The molecule has 1 N–H and O–H groups in total. The molecule has 0 spiro atoms. The summed E-state index contributed by atoms with van der Waals surface area (Å²) < 4.78 is 40.6. The van der Waals surface area contributed by atoms with E-state index in [-0.39, 0.29) is 23.3 Å². The zero-order valence-corrected chi connectivity index (χ0v) is 15.0. The topological polar surface area (TPSA) is 59.3 Å². The Morgan fingerprint density at radius 3 is 2.61 bits per heavy atom. The summed E-state index contributed by atoms with van der Waals surface area (Å²) in [5.41, 5.74) is 0.410. The van der Waals surface area contributed by atoms with Crippen molar-refractivity contribution in [3.05, 3.63) is 53.7 Å². The van der Waals surface area contributed by atoms with E-state index >= 15 is 0 Å². The molecule has 1 aliphatic rings. The molecule has 28 heavy (non-hydrogen) atoms. The number of pyridine rings is 1. The lowest BCUT2D eigenvalue weighted by Crippen LogP contribution is -2.36. The lowest BCUT2D eigenvalue weighted by atomic mass is 9.95. The molecule has 1 aromatic carbocycles. The van der Waals surface area contributed by atoms with E-state index < -0.39 is 11.7 Å². The molecule has 0 unspecified atom stereocenters. The number of nitrogens with zero attached hydrogens (tertiary/aromatic N) is 3. The average molecular weight is 388 g/mol. The maximum atomic E-state index is 13.0. The molecule has 3 aromatic rings. The van der Waals surface area contributed by atoms with Gasteiger partial charge in [-0.3, -0.25) is 9.20 Å². The number of hydrogen-bond donors (Lipinski definition) is 1. The second kappa shape index (κ2) is 7.26. The quantitative estimate of drug-likeness (QED) is 0.720. The minimum absolute atomic E-state index is 0.167. The Balaban J connectivity index is 1.66. The molecular formula is C20H19F3N4O. The molecule has 0 saturated heterocycles. The van der Waals surface area contributed by atoms with Crippen LogP contribution in [-0.4, -0.2) is 26.5 Å². The number of amides is 1. The first-order valence-corrected chi connectivity index (χ1v) is 9.25. The highest BCUT2D eigenvalue weighted by atomic mass is 19.4. The summed E-state index contributed by atoms with van der Waals surface area (Å²) in [5.74, 6) is 0.0610. The molecule has 2 heterocycles. The van der Waals surface area contributed by atoms with Crippen LogP contribution in [0.2, 0.25) is 0 Å². The third kappa shape index (κ3) is 3.72. The van der Waals surface area contributed by atoms with Gasteiger partial charge in [0, 0.05) is 17.8 Å². The molecule has 1 aliphatic carbocycles. The first-order valence-electron chi connectivity index (χ1n) is 9.25. The van der Waals surface area contributed by atoms with Crippen molar-refractivity contribution in [1.82, 2.24) is 19.9 Å². The van der Waals surface area contributed by atoms with Crippen molar-refractivity contribution in [2.45, 2.75) is 44.3 Å². The molecule has 146 valence electrons. The fourth-order valence-corrected chi connectivity index (χ4v) is 3.57. The summed E-state index contributed by atoms with van der Waals surface area (Å²) in [6.45, 7) is 0. The zero-order valence-electron chi connectivity index (χ0n) is 15.0. The highest BCUT2D eigenvalue weighted by molar-refractivity contribution is 5.94. The van der Waals surface area contributed by atoms with Crippen LogP contribution in [0.4, 0.5) is 13.2 Å². The number of nitrogens with one attached hydrogen (secondary N) is 1. The number of halogens is 3. The first kappa shape index (κ1) is 18.5. The average Bonchev–Trinajstić information content (AvgIpc) is 3.11. The van der Waals surface area contributed by atoms with Crippen molar-refractivity contribution < 1.29 is 18.0 Å². The molecule has 2 aromatic heterocycles. The van der Waals surface area contributed by atoms with Gasteiger partial charge in [-0.05, 0) is 37.1 Å². The summed E-state index contributed by atoms with van der Waals surface area (Å²) >= 11 is 0. The first-order chi connectivity index (χ1) is 13.4. The minimum Gasteiger partial charge on any atom is -0.349 e. The normalized spacial score (nSPS) is 15.7. The maximum absolute atomic E-state index is 13.0. The third-order valence-electron chi connectivity index (χ3n) is 5.05. The van der Waals surface area contributed by atoms with E-state index in [0.29, 0.717) is 11.2 Å². The van der Waals surface area contributed by atoms with E-state index in [1.54, 1.807) is 28.8 Å². The third-order valence-corrected chi connectivity index (χ3v) is 5.05. The van der Waals surface area contributed by atoms with E-state index in [2.05, 4.69) is 15.5 Å². The highest BCUT2D eigenvalue weighted by Crippen LogP contribution is 2.31. The Hall–Kier alpha value is -2.90. The van der Waals surface area contributed by atoms with Crippen molar-refractivity contribution in [3.8, 4) is 11.4 Å². The van der Waals surface area contributed by atoms with Gasteiger partial charge < -0.3 is 5.32 Å². The van der Waals surface area contributed by atoms with E-state index in [1.165, 1.54) is 12.5 Å². The minimum atomic E-state index is -4.44. The van der Waals surface area contributed by atoms with Gasteiger partial charge in [-0.1, -0.05) is 31.4 Å². The Labute approximate surface area is 159 Å². The molecule has 0 bridgehead atoms. The van der Waals surface area contributed by atoms with Crippen LogP contribution in [0.3, 0.4) is 0 Å². The Kier molecular flexibility index (Phi) is 4.78. The highest BCUT2D eigenvalue weighted by Gasteiger charge is 2.30. The fourth-order valence-electron chi connectivity index (χ4n) is 3.57. The van der Waals surface area contributed by atoms with Crippen molar-refractivity contribution >= 4 is 11.6 Å².